The highest BCUT2D eigenvalue weighted by molar-refractivity contribution is 6.03. The number of phenols is 1. The van der Waals surface area contributed by atoms with Gasteiger partial charge in [-0.3, -0.25) is 9.88 Å². The third-order valence-electron chi connectivity index (χ3n) is 10.8. The molecule has 0 spiro atoms. The van der Waals surface area contributed by atoms with E-state index in [-0.39, 0.29) is 57.7 Å². The molecule has 12 heteroatoms. The molecule has 2 aromatic carbocycles. The summed E-state index contributed by atoms with van der Waals surface area (Å²) in [5.74, 6) is 1.30. The Morgan fingerprint density at radius 3 is 2.90 bits per heavy atom. The molecule has 2 aromatic heterocycles. The van der Waals surface area contributed by atoms with Gasteiger partial charge in [0.2, 0.25) is 0 Å². The van der Waals surface area contributed by atoms with Gasteiger partial charge in [-0.1, -0.05) is 12.0 Å². The van der Waals surface area contributed by atoms with Crippen LogP contribution < -0.4 is 15.0 Å². The number of benzene rings is 2. The van der Waals surface area contributed by atoms with Crippen LogP contribution in [-0.4, -0.2) is 94.8 Å². The molecule has 4 aromatic rings. The second-order valence-electron chi connectivity index (χ2n) is 13.8. The third-order valence-corrected chi connectivity index (χ3v) is 10.8. The molecular formula is C36H37F3N6O3. The van der Waals surface area contributed by atoms with Crippen LogP contribution in [0.3, 0.4) is 0 Å². The molecule has 4 fully saturated rings. The maximum absolute atomic E-state index is 17.0. The fourth-order valence-electron chi connectivity index (χ4n) is 8.64. The molecule has 0 radical (unpaired) electrons. The molecule has 4 aliphatic heterocycles. The number of ether oxygens (including phenoxy) is 2. The maximum atomic E-state index is 17.0. The number of hydrogen-bond donors (Lipinski definition) is 2. The first-order chi connectivity index (χ1) is 23.2. The van der Waals surface area contributed by atoms with Gasteiger partial charge in [0.1, 0.15) is 41.4 Å². The van der Waals surface area contributed by atoms with E-state index < -0.39 is 23.3 Å². The topological polar surface area (TPSA) is 95.9 Å². The van der Waals surface area contributed by atoms with E-state index >= 15 is 4.39 Å². The molecule has 4 aliphatic rings. The first-order valence-electron chi connectivity index (χ1n) is 16.5. The van der Waals surface area contributed by atoms with E-state index in [1.807, 2.05) is 0 Å². The summed E-state index contributed by atoms with van der Waals surface area (Å²) in [6.07, 6.45) is 11.2. The number of piperazine rings is 1. The lowest BCUT2D eigenvalue weighted by Gasteiger charge is -2.42. The van der Waals surface area contributed by atoms with Gasteiger partial charge in [-0.15, -0.1) is 6.42 Å². The molecule has 2 bridgehead atoms. The number of aromatic hydroxyl groups is 1. The molecule has 0 aliphatic carbocycles. The first-order valence-corrected chi connectivity index (χ1v) is 16.5. The smallest absolute Gasteiger partial charge is 0.319 e. The highest BCUT2D eigenvalue weighted by atomic mass is 19.1. The maximum Gasteiger partial charge on any atom is 0.319 e. The van der Waals surface area contributed by atoms with Crippen molar-refractivity contribution >= 4 is 27.5 Å². The predicted octanol–water partition coefficient (Wildman–Crippen LogP) is 5.11. The predicted molar refractivity (Wildman–Crippen MR) is 176 cm³/mol. The molecule has 0 amide bonds. The number of terminal acetylenes is 1. The number of halogens is 3. The summed E-state index contributed by atoms with van der Waals surface area (Å²) in [7, 11) is 1.69. The Morgan fingerprint density at radius 2 is 2.06 bits per heavy atom. The lowest BCUT2D eigenvalue weighted by molar-refractivity contribution is 0.107. The van der Waals surface area contributed by atoms with Crippen LogP contribution in [-0.2, 0) is 4.74 Å². The third kappa shape index (κ3) is 5.11. The van der Waals surface area contributed by atoms with Gasteiger partial charge in [0.25, 0.3) is 0 Å². The summed E-state index contributed by atoms with van der Waals surface area (Å²) in [5.41, 5.74) is -0.732. The Bertz CT molecular complexity index is 1970. The molecule has 48 heavy (non-hydrogen) atoms. The summed E-state index contributed by atoms with van der Waals surface area (Å²) in [5, 5.41) is 15.4. The number of phenolic OH excluding ortho intramolecular Hbond substituents is 1. The molecule has 2 unspecified atom stereocenters. The Hall–Kier alpha value is -4.18. The van der Waals surface area contributed by atoms with Crippen LogP contribution in [0, 0.1) is 24.0 Å². The average Bonchev–Trinajstić information content (AvgIpc) is 3.71. The highest BCUT2D eigenvalue weighted by Gasteiger charge is 2.50. The molecule has 6 heterocycles. The molecular weight excluding hydrogens is 621 g/mol. The fraction of sp³-hybridized carbons (Fsp3) is 0.472. The van der Waals surface area contributed by atoms with Crippen LogP contribution >= 0.6 is 0 Å². The van der Waals surface area contributed by atoms with Crippen molar-refractivity contribution in [3.05, 3.63) is 47.7 Å². The Labute approximate surface area is 276 Å². The molecule has 0 saturated carbocycles. The van der Waals surface area contributed by atoms with Gasteiger partial charge >= 0.3 is 6.01 Å². The van der Waals surface area contributed by atoms with Gasteiger partial charge in [0.05, 0.1) is 16.5 Å². The van der Waals surface area contributed by atoms with Gasteiger partial charge in [-0.05, 0) is 62.2 Å². The normalized spacial score (nSPS) is 26.8. The Kier molecular flexibility index (Phi) is 7.62. The number of alkyl halides is 1. The van der Waals surface area contributed by atoms with Crippen molar-refractivity contribution in [3.8, 4) is 35.4 Å². The number of nitrogens with one attached hydrogen (secondary N) is 1. The number of fused-ring (bicyclic) bond motifs is 5. The van der Waals surface area contributed by atoms with Crippen molar-refractivity contribution in [1.82, 2.24) is 25.2 Å². The molecule has 2 N–H and O–H groups in total. The second kappa shape index (κ2) is 11.8. The average molecular weight is 659 g/mol. The number of anilines is 1. The summed E-state index contributed by atoms with van der Waals surface area (Å²) < 4.78 is 58.1. The van der Waals surface area contributed by atoms with Crippen LogP contribution in [0.15, 0.2) is 30.5 Å². The van der Waals surface area contributed by atoms with Crippen molar-refractivity contribution in [1.29, 1.82) is 0 Å². The summed E-state index contributed by atoms with van der Waals surface area (Å²) in [6.45, 7) is 3.22. The summed E-state index contributed by atoms with van der Waals surface area (Å²) >= 11 is 0. The van der Waals surface area contributed by atoms with E-state index in [2.05, 4.69) is 31.0 Å². The highest BCUT2D eigenvalue weighted by Crippen LogP contribution is 2.43. The van der Waals surface area contributed by atoms with Crippen LogP contribution in [0.4, 0.5) is 19.0 Å². The van der Waals surface area contributed by atoms with Gasteiger partial charge < -0.3 is 24.8 Å². The number of nitrogens with zero attached hydrogens (tertiary/aromatic N) is 5. The molecule has 9 nitrogen and oxygen atoms in total. The second-order valence-corrected chi connectivity index (χ2v) is 13.8. The van der Waals surface area contributed by atoms with E-state index in [1.165, 1.54) is 30.5 Å². The Morgan fingerprint density at radius 1 is 1.19 bits per heavy atom. The molecule has 4 saturated heterocycles. The minimum atomic E-state index is -0.928. The number of aromatic nitrogens is 3. The van der Waals surface area contributed by atoms with Gasteiger partial charge in [0, 0.05) is 68.5 Å². The molecule has 8 rings (SSSR count). The van der Waals surface area contributed by atoms with Crippen molar-refractivity contribution in [2.75, 3.05) is 51.4 Å². The van der Waals surface area contributed by atoms with Crippen molar-refractivity contribution in [3.63, 3.8) is 0 Å². The Balaban J connectivity index is 1.27. The van der Waals surface area contributed by atoms with E-state index in [1.54, 1.807) is 7.11 Å². The van der Waals surface area contributed by atoms with Crippen LogP contribution in [0.5, 0.6) is 11.8 Å². The van der Waals surface area contributed by atoms with Crippen LogP contribution in [0.1, 0.15) is 44.1 Å². The van der Waals surface area contributed by atoms with E-state index in [4.69, 9.17) is 20.9 Å². The first kappa shape index (κ1) is 31.1. The number of hydrogen-bond acceptors (Lipinski definition) is 9. The number of methoxy groups -OCH3 is 1. The number of pyridine rings is 1. The summed E-state index contributed by atoms with van der Waals surface area (Å²) in [6, 6.07) is 5.67. The largest absolute Gasteiger partial charge is 0.508 e. The number of rotatable bonds is 8. The van der Waals surface area contributed by atoms with Gasteiger partial charge in [0.15, 0.2) is 5.82 Å². The molecule has 4 atom stereocenters. The fourth-order valence-corrected chi connectivity index (χ4v) is 8.64. The van der Waals surface area contributed by atoms with Crippen LogP contribution in [0.2, 0.25) is 0 Å². The van der Waals surface area contributed by atoms with Crippen LogP contribution in [0.25, 0.3) is 32.9 Å². The zero-order valence-electron chi connectivity index (χ0n) is 26.7. The van der Waals surface area contributed by atoms with Crippen molar-refractivity contribution in [2.24, 2.45) is 0 Å². The zero-order valence-corrected chi connectivity index (χ0v) is 26.7. The standard InChI is InChI=1S/C36H37F3N6O3/c1-3-25-28(38)6-5-21-13-24(46)14-26(29(21)25)31-30(39)32-27(16-40-31)33(44-18-23-7-9-35(19-44,43-23)10-12-47-2)42-34(41-32)48-20-36-8-4-11-45(36)17-22(37)15-36/h1,5-6,13-14,16,22-23,43,46H,4,7-12,15,17-20H2,2H3/t22-,23?,35?,36+/m1/s1. The van der Waals surface area contributed by atoms with Gasteiger partial charge in [-0.25, -0.2) is 13.2 Å². The lowest BCUT2D eigenvalue weighted by atomic mass is 9.93. The van der Waals surface area contributed by atoms with E-state index in [0.29, 0.717) is 49.3 Å². The van der Waals surface area contributed by atoms with E-state index in [9.17, 15) is 13.9 Å². The zero-order chi connectivity index (χ0) is 33.2. The quantitative estimate of drug-likeness (QED) is 0.251. The van der Waals surface area contributed by atoms with Crippen molar-refractivity contribution in [2.45, 2.75) is 61.8 Å². The van der Waals surface area contributed by atoms with Crippen molar-refractivity contribution < 1.29 is 27.8 Å². The van der Waals surface area contributed by atoms with Gasteiger partial charge in [-0.2, -0.15) is 9.97 Å². The monoisotopic (exact) mass is 658 g/mol. The minimum Gasteiger partial charge on any atom is -0.508 e. The van der Waals surface area contributed by atoms with E-state index in [0.717, 1.165) is 38.6 Å². The summed E-state index contributed by atoms with van der Waals surface area (Å²) in [4.78, 5) is 18.3. The minimum absolute atomic E-state index is 0.00923. The SMILES string of the molecule is C#Cc1c(F)ccc2cc(O)cc(-c3ncc4c(N5CC6CCC(CCOC)(C5)N6)nc(OC[C@@]56CCCN5C[C@H](F)C6)nc4c3F)c12. The molecule has 250 valence electrons. The lowest BCUT2D eigenvalue weighted by Crippen LogP contribution is -2.60.